The van der Waals surface area contributed by atoms with E-state index >= 15 is 0 Å². The lowest BCUT2D eigenvalue weighted by Crippen LogP contribution is -2.42. The highest BCUT2D eigenvalue weighted by Crippen LogP contribution is 2.35. The molecule has 0 bridgehead atoms. The van der Waals surface area contributed by atoms with E-state index in [9.17, 15) is 5.11 Å². The number of aliphatic hydroxyl groups excluding tert-OH is 1. The number of benzene rings is 1. The van der Waals surface area contributed by atoms with Crippen LogP contribution in [0.4, 0.5) is 0 Å². The molecule has 2 aliphatic rings. The fourth-order valence-corrected chi connectivity index (χ4v) is 4.52. The number of rotatable bonds is 3. The van der Waals surface area contributed by atoms with Gasteiger partial charge in [-0.2, -0.15) is 0 Å². The molecule has 1 saturated carbocycles. The Morgan fingerprint density at radius 1 is 1.00 bits per heavy atom. The van der Waals surface area contributed by atoms with Crippen molar-refractivity contribution < 1.29 is 5.11 Å². The Kier molecular flexibility index (Phi) is 4.66. The molecule has 0 radical (unpaired) electrons. The number of aliphatic hydroxyl groups is 1. The first-order valence-electron chi connectivity index (χ1n) is 8.63. The first-order chi connectivity index (χ1) is 10.1. The molecule has 3 rings (SSSR count). The van der Waals surface area contributed by atoms with Crippen molar-refractivity contribution in [1.29, 1.82) is 0 Å². The first-order valence-corrected chi connectivity index (χ1v) is 8.63. The Morgan fingerprint density at radius 2 is 1.71 bits per heavy atom. The number of hydrogen-bond donors (Lipinski definition) is 1. The van der Waals surface area contributed by atoms with Gasteiger partial charge in [0.1, 0.15) is 0 Å². The van der Waals surface area contributed by atoms with Crippen LogP contribution in [0.3, 0.4) is 0 Å². The molecule has 2 heteroatoms. The zero-order valence-corrected chi connectivity index (χ0v) is 13.5. The van der Waals surface area contributed by atoms with E-state index in [0.29, 0.717) is 12.0 Å². The molecular formula is C19H29NO. The summed E-state index contributed by atoms with van der Waals surface area (Å²) in [6.45, 7) is 6.61. The quantitative estimate of drug-likeness (QED) is 0.913. The monoisotopic (exact) mass is 287 g/mol. The van der Waals surface area contributed by atoms with Crippen molar-refractivity contribution in [3.8, 4) is 0 Å². The Hall–Kier alpha value is -0.860. The van der Waals surface area contributed by atoms with Gasteiger partial charge in [0, 0.05) is 18.5 Å². The van der Waals surface area contributed by atoms with Crippen LogP contribution in [0, 0.1) is 19.8 Å². The average molecular weight is 287 g/mol. The molecule has 2 fully saturated rings. The van der Waals surface area contributed by atoms with E-state index in [1.807, 2.05) is 0 Å². The van der Waals surface area contributed by atoms with E-state index in [0.717, 1.165) is 13.0 Å². The van der Waals surface area contributed by atoms with E-state index in [4.69, 9.17) is 0 Å². The first kappa shape index (κ1) is 15.1. The second kappa shape index (κ2) is 6.50. The van der Waals surface area contributed by atoms with Gasteiger partial charge in [-0.1, -0.05) is 42.2 Å². The predicted molar refractivity (Wildman–Crippen MR) is 87.3 cm³/mol. The minimum atomic E-state index is -0.0661. The third kappa shape index (κ3) is 3.49. The Labute approximate surface area is 129 Å². The van der Waals surface area contributed by atoms with E-state index < -0.39 is 0 Å². The van der Waals surface area contributed by atoms with Gasteiger partial charge in [0.25, 0.3) is 0 Å². The van der Waals surface area contributed by atoms with Gasteiger partial charge < -0.3 is 5.11 Å². The Balaban J connectivity index is 1.71. The van der Waals surface area contributed by atoms with Crippen LogP contribution in [0.25, 0.3) is 0 Å². The van der Waals surface area contributed by atoms with Gasteiger partial charge in [0.15, 0.2) is 0 Å². The zero-order valence-electron chi connectivity index (χ0n) is 13.5. The summed E-state index contributed by atoms with van der Waals surface area (Å²) < 4.78 is 0. The van der Waals surface area contributed by atoms with E-state index in [-0.39, 0.29) is 6.10 Å². The normalized spacial score (nSPS) is 30.7. The topological polar surface area (TPSA) is 23.5 Å². The van der Waals surface area contributed by atoms with Crippen LogP contribution >= 0.6 is 0 Å². The molecule has 116 valence electrons. The van der Waals surface area contributed by atoms with Crippen molar-refractivity contribution in [2.75, 3.05) is 6.54 Å². The van der Waals surface area contributed by atoms with E-state index in [1.54, 1.807) is 0 Å². The van der Waals surface area contributed by atoms with Gasteiger partial charge in [-0.05, 0) is 51.6 Å². The molecular weight excluding hydrogens is 258 g/mol. The Bertz CT molecular complexity index is 464. The molecule has 0 spiro atoms. The molecule has 1 heterocycles. The molecule has 2 nitrogen and oxygen atoms in total. The second-order valence-electron chi connectivity index (χ2n) is 7.19. The smallest absolute Gasteiger partial charge is 0.0583 e. The molecule has 1 aromatic carbocycles. The minimum Gasteiger partial charge on any atom is -0.393 e. The fourth-order valence-electron chi connectivity index (χ4n) is 4.52. The summed E-state index contributed by atoms with van der Waals surface area (Å²) in [6, 6.07) is 7.48. The molecule has 1 N–H and O–H groups in total. The van der Waals surface area contributed by atoms with Crippen molar-refractivity contribution in [3.05, 3.63) is 34.9 Å². The molecule has 0 aromatic heterocycles. The minimum absolute atomic E-state index is 0.0661. The van der Waals surface area contributed by atoms with Crippen molar-refractivity contribution in [1.82, 2.24) is 4.90 Å². The predicted octanol–water partition coefficient (Wildman–Crippen LogP) is 3.82. The summed E-state index contributed by atoms with van der Waals surface area (Å²) in [5.74, 6) is 0.507. The maximum absolute atomic E-state index is 10.4. The molecule has 3 unspecified atom stereocenters. The van der Waals surface area contributed by atoms with Gasteiger partial charge in [0.05, 0.1) is 6.10 Å². The molecule has 1 aliphatic carbocycles. The largest absolute Gasteiger partial charge is 0.393 e. The van der Waals surface area contributed by atoms with Crippen molar-refractivity contribution in [3.63, 3.8) is 0 Å². The summed E-state index contributed by atoms with van der Waals surface area (Å²) >= 11 is 0. The lowest BCUT2D eigenvalue weighted by Gasteiger charge is -2.37. The maximum atomic E-state index is 10.4. The van der Waals surface area contributed by atoms with Crippen LogP contribution in [0.2, 0.25) is 0 Å². The van der Waals surface area contributed by atoms with Crippen LogP contribution in [0.15, 0.2) is 18.2 Å². The van der Waals surface area contributed by atoms with Gasteiger partial charge in [-0.25, -0.2) is 0 Å². The summed E-state index contributed by atoms with van der Waals surface area (Å²) in [6.07, 6.45) is 7.24. The third-order valence-corrected chi connectivity index (χ3v) is 5.36. The van der Waals surface area contributed by atoms with Gasteiger partial charge in [-0.3, -0.25) is 4.90 Å². The highest BCUT2D eigenvalue weighted by molar-refractivity contribution is 5.28. The maximum Gasteiger partial charge on any atom is 0.0583 e. The second-order valence-corrected chi connectivity index (χ2v) is 7.19. The van der Waals surface area contributed by atoms with Crippen LogP contribution in [0.5, 0.6) is 0 Å². The standard InChI is InChI=1S/C19H29NO/c1-14-10-15(2)12-16(11-14)13-20-9-5-7-18(20)17-6-3-4-8-19(17)21/h10-12,17-19,21H,3-9,13H2,1-2H3. The van der Waals surface area contributed by atoms with Gasteiger partial charge in [-0.15, -0.1) is 0 Å². The van der Waals surface area contributed by atoms with Crippen LogP contribution in [-0.4, -0.2) is 28.7 Å². The highest BCUT2D eigenvalue weighted by Gasteiger charge is 2.36. The van der Waals surface area contributed by atoms with Gasteiger partial charge >= 0.3 is 0 Å². The van der Waals surface area contributed by atoms with E-state index in [2.05, 4.69) is 36.9 Å². The van der Waals surface area contributed by atoms with Crippen LogP contribution in [-0.2, 0) is 6.54 Å². The number of hydrogen-bond acceptors (Lipinski definition) is 2. The van der Waals surface area contributed by atoms with E-state index in [1.165, 1.54) is 55.3 Å². The van der Waals surface area contributed by atoms with Crippen molar-refractivity contribution in [2.45, 2.75) is 71.1 Å². The molecule has 1 aliphatic heterocycles. The number of likely N-dealkylation sites (tertiary alicyclic amines) is 1. The summed E-state index contributed by atoms with van der Waals surface area (Å²) in [5.41, 5.74) is 4.15. The molecule has 21 heavy (non-hydrogen) atoms. The summed E-state index contributed by atoms with van der Waals surface area (Å²) in [7, 11) is 0. The third-order valence-electron chi connectivity index (χ3n) is 5.36. The number of aryl methyl sites for hydroxylation is 2. The number of nitrogens with zero attached hydrogens (tertiary/aromatic N) is 1. The van der Waals surface area contributed by atoms with Gasteiger partial charge in [0.2, 0.25) is 0 Å². The molecule has 1 saturated heterocycles. The van der Waals surface area contributed by atoms with Crippen LogP contribution < -0.4 is 0 Å². The zero-order chi connectivity index (χ0) is 14.8. The molecule has 1 aromatic rings. The fraction of sp³-hybridized carbons (Fsp3) is 0.684. The molecule has 3 atom stereocenters. The SMILES string of the molecule is Cc1cc(C)cc(CN2CCCC2C2CCCCC2O)c1. The highest BCUT2D eigenvalue weighted by atomic mass is 16.3. The van der Waals surface area contributed by atoms with Crippen molar-refractivity contribution >= 4 is 0 Å². The lowest BCUT2D eigenvalue weighted by molar-refractivity contribution is 0.0201. The van der Waals surface area contributed by atoms with Crippen molar-refractivity contribution in [2.24, 2.45) is 5.92 Å². The lowest BCUT2D eigenvalue weighted by atomic mass is 9.80. The summed E-state index contributed by atoms with van der Waals surface area (Å²) in [4.78, 5) is 2.63. The average Bonchev–Trinajstić information content (AvgIpc) is 2.86. The molecule has 0 amide bonds. The summed E-state index contributed by atoms with van der Waals surface area (Å²) in [5, 5.41) is 10.4. The Morgan fingerprint density at radius 3 is 2.43 bits per heavy atom. The van der Waals surface area contributed by atoms with Crippen LogP contribution in [0.1, 0.15) is 55.2 Å².